The van der Waals surface area contributed by atoms with Crippen molar-refractivity contribution in [3.8, 4) is 0 Å². The molecule has 13 heteroatoms. The van der Waals surface area contributed by atoms with Crippen molar-refractivity contribution in [2.75, 3.05) is 36.5 Å². The normalized spacial score (nSPS) is 15.4. The van der Waals surface area contributed by atoms with Gasteiger partial charge in [0.25, 0.3) is 11.8 Å². The summed E-state index contributed by atoms with van der Waals surface area (Å²) in [6, 6.07) is 4.84. The first-order valence-corrected chi connectivity index (χ1v) is 10.4. The minimum Gasteiger partial charge on any atom is -0.370 e. The number of thiophene rings is 1. The highest BCUT2D eigenvalue weighted by Gasteiger charge is 2.35. The van der Waals surface area contributed by atoms with Gasteiger partial charge >= 0.3 is 6.18 Å². The van der Waals surface area contributed by atoms with Gasteiger partial charge in [-0.15, -0.1) is 11.3 Å². The molecule has 1 atom stereocenters. The Balaban J connectivity index is 1.70. The third kappa shape index (κ3) is 5.76. The maximum Gasteiger partial charge on any atom is 0.418 e. The molecular formula is C19H18ClF3N4O4S. The number of benzene rings is 1. The van der Waals surface area contributed by atoms with E-state index >= 15 is 0 Å². The third-order valence-corrected chi connectivity index (χ3v) is 5.71. The Hall–Kier alpha value is -2.67. The first kappa shape index (κ1) is 24.0. The minimum absolute atomic E-state index is 0.0368. The van der Waals surface area contributed by atoms with E-state index in [-0.39, 0.29) is 32.0 Å². The predicted molar refractivity (Wildman–Crippen MR) is 113 cm³/mol. The zero-order valence-corrected chi connectivity index (χ0v) is 17.9. The largest absolute Gasteiger partial charge is 0.418 e. The number of nitrogens with one attached hydrogen (secondary N) is 2. The van der Waals surface area contributed by atoms with Gasteiger partial charge < -0.3 is 26.0 Å². The molecule has 4 N–H and O–H groups in total. The van der Waals surface area contributed by atoms with Gasteiger partial charge in [-0.3, -0.25) is 14.4 Å². The highest BCUT2D eigenvalue weighted by atomic mass is 35.5. The number of ether oxygens (including phenoxy) is 1. The smallest absolute Gasteiger partial charge is 0.370 e. The molecule has 0 saturated carbocycles. The Morgan fingerprint density at radius 1 is 1.28 bits per heavy atom. The van der Waals surface area contributed by atoms with Gasteiger partial charge in [-0.1, -0.05) is 11.6 Å². The van der Waals surface area contributed by atoms with Crippen molar-refractivity contribution >= 4 is 52.0 Å². The molecule has 0 bridgehead atoms. The molecular weight excluding hydrogens is 473 g/mol. The standard InChI is InChI=1S/C19H18ClF3N4O4S/c20-15-4-3-14(32-15)18(30)25-8-12(24)17(29)26-13-2-1-10(7-11(13)19(21,22)23)27-5-6-31-9-16(27)28/h1-4,7,12H,5-6,8-9,24H2,(H,25,30)(H,26,29)/t12-/m1/s1. The lowest BCUT2D eigenvalue weighted by Gasteiger charge is -2.28. The van der Waals surface area contributed by atoms with Crippen molar-refractivity contribution in [1.82, 2.24) is 5.32 Å². The molecule has 8 nitrogen and oxygen atoms in total. The molecule has 2 heterocycles. The number of carbonyl (C=O) groups is 3. The van der Waals surface area contributed by atoms with Gasteiger partial charge in [-0.25, -0.2) is 0 Å². The molecule has 0 aliphatic carbocycles. The first-order chi connectivity index (χ1) is 15.1. The van der Waals surface area contributed by atoms with Gasteiger partial charge in [-0.05, 0) is 30.3 Å². The van der Waals surface area contributed by atoms with Gasteiger partial charge in [0.2, 0.25) is 5.91 Å². The van der Waals surface area contributed by atoms with E-state index in [0.29, 0.717) is 9.21 Å². The monoisotopic (exact) mass is 490 g/mol. The molecule has 1 aliphatic heterocycles. The number of alkyl halides is 3. The van der Waals surface area contributed by atoms with Crippen LogP contribution in [0.4, 0.5) is 24.5 Å². The molecule has 3 amide bonds. The Morgan fingerprint density at radius 3 is 2.66 bits per heavy atom. The maximum absolute atomic E-state index is 13.6. The maximum atomic E-state index is 13.6. The fraction of sp³-hybridized carbons (Fsp3) is 0.316. The van der Waals surface area contributed by atoms with Crippen molar-refractivity contribution in [1.29, 1.82) is 0 Å². The molecule has 2 aromatic rings. The summed E-state index contributed by atoms with van der Waals surface area (Å²) in [5.74, 6) is -1.90. The van der Waals surface area contributed by atoms with Crippen molar-refractivity contribution in [3.05, 3.63) is 45.1 Å². The number of anilines is 2. The molecule has 1 aromatic heterocycles. The molecule has 1 fully saturated rings. The van der Waals surface area contributed by atoms with Gasteiger partial charge in [0.05, 0.1) is 27.1 Å². The van der Waals surface area contributed by atoms with Crippen molar-refractivity contribution in [3.63, 3.8) is 0 Å². The zero-order chi connectivity index (χ0) is 23.5. The second kappa shape index (κ2) is 9.86. The van der Waals surface area contributed by atoms with Crippen LogP contribution < -0.4 is 21.3 Å². The average molecular weight is 491 g/mol. The Morgan fingerprint density at radius 2 is 2.03 bits per heavy atom. The average Bonchev–Trinajstić information content (AvgIpc) is 3.18. The number of morpholine rings is 1. The Bertz CT molecular complexity index is 1030. The van der Waals surface area contributed by atoms with Crippen LogP contribution in [-0.4, -0.2) is 50.1 Å². The minimum atomic E-state index is -4.80. The fourth-order valence-corrected chi connectivity index (χ4v) is 3.84. The summed E-state index contributed by atoms with van der Waals surface area (Å²) in [4.78, 5) is 37.8. The van der Waals surface area contributed by atoms with Crippen LogP contribution in [0.3, 0.4) is 0 Å². The molecule has 0 spiro atoms. The SMILES string of the molecule is N[C@H](CNC(=O)c1ccc(Cl)s1)C(=O)Nc1ccc(N2CCOCC2=O)cc1C(F)(F)F. The van der Waals surface area contributed by atoms with E-state index in [0.717, 1.165) is 23.5 Å². The number of hydrogen-bond donors (Lipinski definition) is 3. The van der Waals surface area contributed by atoms with Crippen LogP contribution in [0.1, 0.15) is 15.2 Å². The summed E-state index contributed by atoms with van der Waals surface area (Å²) in [7, 11) is 0. The van der Waals surface area contributed by atoms with E-state index in [4.69, 9.17) is 22.1 Å². The van der Waals surface area contributed by atoms with E-state index in [1.165, 1.54) is 23.1 Å². The van der Waals surface area contributed by atoms with Crippen LogP contribution in [0.25, 0.3) is 0 Å². The number of hydrogen-bond acceptors (Lipinski definition) is 6. The summed E-state index contributed by atoms with van der Waals surface area (Å²) in [5, 5.41) is 4.57. The van der Waals surface area contributed by atoms with Crippen LogP contribution in [0.5, 0.6) is 0 Å². The number of halogens is 4. The summed E-state index contributed by atoms with van der Waals surface area (Å²) in [6.07, 6.45) is -4.80. The van der Waals surface area contributed by atoms with Crippen molar-refractivity contribution < 1.29 is 32.3 Å². The number of amides is 3. The molecule has 172 valence electrons. The van der Waals surface area contributed by atoms with Crippen LogP contribution in [-0.2, 0) is 20.5 Å². The van der Waals surface area contributed by atoms with Crippen molar-refractivity contribution in [2.45, 2.75) is 12.2 Å². The lowest BCUT2D eigenvalue weighted by atomic mass is 10.1. The second-order valence-corrected chi connectivity index (χ2v) is 8.45. The van der Waals surface area contributed by atoms with Gasteiger partial charge in [-0.2, -0.15) is 13.2 Å². The quantitative estimate of drug-likeness (QED) is 0.575. The van der Waals surface area contributed by atoms with E-state index in [9.17, 15) is 27.6 Å². The Kier molecular flexibility index (Phi) is 7.39. The second-order valence-electron chi connectivity index (χ2n) is 6.74. The van der Waals surface area contributed by atoms with Crippen LogP contribution in [0.15, 0.2) is 30.3 Å². The molecule has 1 aliphatic rings. The van der Waals surface area contributed by atoms with E-state index in [1.807, 2.05) is 0 Å². The van der Waals surface area contributed by atoms with Crippen LogP contribution in [0.2, 0.25) is 4.34 Å². The molecule has 0 unspecified atom stereocenters. The number of nitrogens with zero attached hydrogens (tertiary/aromatic N) is 1. The number of carbonyl (C=O) groups excluding carboxylic acids is 3. The van der Waals surface area contributed by atoms with Gasteiger partial charge in [0.1, 0.15) is 12.6 Å². The van der Waals surface area contributed by atoms with E-state index < -0.39 is 41.2 Å². The highest BCUT2D eigenvalue weighted by molar-refractivity contribution is 7.18. The third-order valence-electron chi connectivity index (χ3n) is 4.48. The lowest BCUT2D eigenvalue weighted by Crippen LogP contribution is -2.45. The Labute approximate surface area is 189 Å². The van der Waals surface area contributed by atoms with E-state index in [1.54, 1.807) is 0 Å². The molecule has 0 radical (unpaired) electrons. The van der Waals surface area contributed by atoms with Crippen molar-refractivity contribution in [2.24, 2.45) is 5.73 Å². The molecule has 1 saturated heterocycles. The van der Waals surface area contributed by atoms with Gasteiger partial charge in [0, 0.05) is 18.8 Å². The van der Waals surface area contributed by atoms with E-state index in [2.05, 4.69) is 10.6 Å². The number of nitrogens with two attached hydrogens (primary N) is 1. The first-order valence-electron chi connectivity index (χ1n) is 9.25. The topological polar surface area (TPSA) is 114 Å². The fourth-order valence-electron chi connectivity index (χ4n) is 2.88. The summed E-state index contributed by atoms with van der Waals surface area (Å²) in [6.45, 7) is -0.217. The summed E-state index contributed by atoms with van der Waals surface area (Å²) in [5.41, 5.74) is 4.11. The predicted octanol–water partition coefficient (Wildman–Crippen LogP) is 2.48. The summed E-state index contributed by atoms with van der Waals surface area (Å²) < 4.78 is 46.2. The lowest BCUT2D eigenvalue weighted by molar-refractivity contribution is -0.137. The zero-order valence-electron chi connectivity index (χ0n) is 16.4. The molecule has 3 rings (SSSR count). The van der Waals surface area contributed by atoms with Crippen LogP contribution in [0, 0.1) is 0 Å². The summed E-state index contributed by atoms with van der Waals surface area (Å²) >= 11 is 6.79. The molecule has 1 aromatic carbocycles. The number of rotatable bonds is 6. The van der Waals surface area contributed by atoms with Crippen LogP contribution >= 0.6 is 22.9 Å². The van der Waals surface area contributed by atoms with Gasteiger partial charge in [0.15, 0.2) is 0 Å². The molecule has 32 heavy (non-hydrogen) atoms. The highest BCUT2D eigenvalue weighted by Crippen LogP contribution is 2.37.